The standard InChI is InChI=1S/C63H108O6/c1-4-7-10-13-16-19-22-24-26-27-28-29-30-31-32-33-34-35-37-38-41-44-47-50-53-56-62(65)68-59-60(58-67-61(64)55-52-49-46-43-40-21-18-15-12-9-6-3)69-63(66)57-54-51-48-45-42-39-36-25-23-20-17-14-11-8-5-2/h7,10,15-20,24-26,28-29,36,60H,4-6,8-9,11-14,21-23,27,30-35,37-59H2,1-3H3/b10-7-,18-15-,19-16-,20-17-,26-24-,29-28-,36-25-. The van der Waals surface area contributed by atoms with Crippen LogP contribution in [0.2, 0.25) is 0 Å². The molecule has 0 aromatic rings. The number of carbonyl (C=O) groups is 3. The quantitative estimate of drug-likeness (QED) is 0.0262. The van der Waals surface area contributed by atoms with Crippen LogP contribution in [0, 0.1) is 0 Å². The monoisotopic (exact) mass is 961 g/mol. The third-order valence-electron chi connectivity index (χ3n) is 12.4. The molecule has 1 unspecified atom stereocenters. The lowest BCUT2D eigenvalue weighted by Crippen LogP contribution is -2.30. The fraction of sp³-hybridized carbons (Fsp3) is 0.730. The Morgan fingerprint density at radius 2 is 0.580 bits per heavy atom. The smallest absolute Gasteiger partial charge is 0.306 e. The van der Waals surface area contributed by atoms with E-state index in [1.54, 1.807) is 0 Å². The summed E-state index contributed by atoms with van der Waals surface area (Å²) in [6, 6.07) is 0. The fourth-order valence-corrected chi connectivity index (χ4v) is 7.97. The summed E-state index contributed by atoms with van der Waals surface area (Å²) < 4.78 is 16.8. The van der Waals surface area contributed by atoms with Crippen LogP contribution in [0.3, 0.4) is 0 Å². The molecule has 0 heterocycles. The second kappa shape index (κ2) is 57.2. The third kappa shape index (κ3) is 55.4. The molecular weight excluding hydrogens is 853 g/mol. The number of esters is 3. The Hall–Kier alpha value is -3.41. The summed E-state index contributed by atoms with van der Waals surface area (Å²) in [6.45, 7) is 6.45. The van der Waals surface area contributed by atoms with Crippen molar-refractivity contribution < 1.29 is 28.6 Å². The number of hydrogen-bond donors (Lipinski definition) is 0. The molecule has 69 heavy (non-hydrogen) atoms. The molecule has 0 saturated carbocycles. The van der Waals surface area contributed by atoms with Crippen LogP contribution in [0.15, 0.2) is 85.1 Å². The number of ether oxygens (including phenoxy) is 3. The fourth-order valence-electron chi connectivity index (χ4n) is 7.97. The molecule has 0 fully saturated rings. The lowest BCUT2D eigenvalue weighted by atomic mass is 10.0. The molecule has 0 aromatic heterocycles. The first-order valence-electron chi connectivity index (χ1n) is 29.1. The van der Waals surface area contributed by atoms with Gasteiger partial charge in [0.05, 0.1) is 0 Å². The highest BCUT2D eigenvalue weighted by molar-refractivity contribution is 5.71. The van der Waals surface area contributed by atoms with Crippen molar-refractivity contribution in [2.24, 2.45) is 0 Å². The molecule has 6 nitrogen and oxygen atoms in total. The topological polar surface area (TPSA) is 78.9 Å². The summed E-state index contributed by atoms with van der Waals surface area (Å²) in [5.74, 6) is -0.906. The molecule has 0 spiro atoms. The van der Waals surface area contributed by atoms with Crippen LogP contribution in [0.25, 0.3) is 0 Å². The van der Waals surface area contributed by atoms with E-state index >= 15 is 0 Å². The summed E-state index contributed by atoms with van der Waals surface area (Å²) in [5.41, 5.74) is 0. The van der Waals surface area contributed by atoms with Gasteiger partial charge >= 0.3 is 17.9 Å². The van der Waals surface area contributed by atoms with Crippen LogP contribution < -0.4 is 0 Å². The summed E-state index contributed by atoms with van der Waals surface area (Å²) in [5, 5.41) is 0. The van der Waals surface area contributed by atoms with Crippen molar-refractivity contribution >= 4 is 17.9 Å². The molecule has 0 aliphatic carbocycles. The molecule has 0 saturated heterocycles. The summed E-state index contributed by atoms with van der Waals surface area (Å²) in [4.78, 5) is 38.1. The first-order valence-corrected chi connectivity index (χ1v) is 29.1. The normalized spacial score (nSPS) is 12.7. The van der Waals surface area contributed by atoms with E-state index in [2.05, 4.69) is 106 Å². The Labute approximate surface area is 426 Å². The van der Waals surface area contributed by atoms with E-state index in [4.69, 9.17) is 14.2 Å². The van der Waals surface area contributed by atoms with Crippen LogP contribution in [0.4, 0.5) is 0 Å². The van der Waals surface area contributed by atoms with Gasteiger partial charge in [0.1, 0.15) is 13.2 Å². The maximum absolute atomic E-state index is 12.8. The zero-order chi connectivity index (χ0) is 50.0. The Kier molecular flexibility index (Phi) is 54.3. The van der Waals surface area contributed by atoms with Crippen LogP contribution in [-0.2, 0) is 28.6 Å². The van der Waals surface area contributed by atoms with Crippen molar-refractivity contribution in [3.63, 3.8) is 0 Å². The molecule has 1 atom stereocenters. The van der Waals surface area contributed by atoms with Crippen LogP contribution in [-0.4, -0.2) is 37.2 Å². The van der Waals surface area contributed by atoms with Crippen molar-refractivity contribution in [2.75, 3.05) is 13.2 Å². The van der Waals surface area contributed by atoms with E-state index < -0.39 is 6.10 Å². The van der Waals surface area contributed by atoms with E-state index in [9.17, 15) is 14.4 Å². The third-order valence-corrected chi connectivity index (χ3v) is 12.4. The van der Waals surface area contributed by atoms with Crippen LogP contribution in [0.1, 0.15) is 278 Å². The minimum Gasteiger partial charge on any atom is -0.462 e. The Morgan fingerprint density at radius 1 is 0.304 bits per heavy atom. The van der Waals surface area contributed by atoms with Gasteiger partial charge in [0.25, 0.3) is 0 Å². The van der Waals surface area contributed by atoms with Gasteiger partial charge in [-0.2, -0.15) is 0 Å². The van der Waals surface area contributed by atoms with Gasteiger partial charge in [-0.3, -0.25) is 14.4 Å². The van der Waals surface area contributed by atoms with Crippen molar-refractivity contribution in [1.29, 1.82) is 0 Å². The van der Waals surface area contributed by atoms with E-state index in [0.29, 0.717) is 19.3 Å². The van der Waals surface area contributed by atoms with Crippen LogP contribution >= 0.6 is 0 Å². The maximum Gasteiger partial charge on any atom is 0.306 e. The van der Waals surface area contributed by atoms with Crippen molar-refractivity contribution in [2.45, 2.75) is 284 Å². The van der Waals surface area contributed by atoms with Crippen molar-refractivity contribution in [3.8, 4) is 0 Å². The average Bonchev–Trinajstić information content (AvgIpc) is 3.35. The highest BCUT2D eigenvalue weighted by Crippen LogP contribution is 2.15. The average molecular weight is 962 g/mol. The molecule has 0 aliphatic heterocycles. The minimum absolute atomic E-state index is 0.0851. The molecule has 0 radical (unpaired) electrons. The number of carbonyl (C=O) groups excluding carboxylic acids is 3. The lowest BCUT2D eigenvalue weighted by Gasteiger charge is -2.18. The second-order valence-corrected chi connectivity index (χ2v) is 19.2. The number of unbranched alkanes of at least 4 members (excludes halogenated alkanes) is 27. The predicted octanol–water partition coefficient (Wildman–Crippen LogP) is 19.5. The number of rotatable bonds is 52. The minimum atomic E-state index is -0.787. The molecular formula is C63H108O6. The van der Waals surface area contributed by atoms with Crippen LogP contribution in [0.5, 0.6) is 0 Å². The zero-order valence-electron chi connectivity index (χ0n) is 45.3. The first-order chi connectivity index (χ1) is 34.0. The van der Waals surface area contributed by atoms with Crippen molar-refractivity contribution in [3.05, 3.63) is 85.1 Å². The van der Waals surface area contributed by atoms with E-state index in [-0.39, 0.29) is 31.1 Å². The molecule has 396 valence electrons. The SMILES string of the molecule is CC/C=C\C/C=C\C/C=C\C/C=C\CCCCCCCCCCCCCCC(=O)OCC(COC(=O)CCCCCCC/C=C\CCCC)OC(=O)CCCCCCC/C=C\C/C=C\CCCCC. The van der Waals surface area contributed by atoms with E-state index in [0.717, 1.165) is 116 Å². The molecule has 6 heteroatoms. The molecule has 0 amide bonds. The molecule has 0 aliphatic rings. The highest BCUT2D eigenvalue weighted by Gasteiger charge is 2.19. The molecule has 0 aromatic carbocycles. The highest BCUT2D eigenvalue weighted by atomic mass is 16.6. The van der Waals surface area contributed by atoms with Gasteiger partial charge < -0.3 is 14.2 Å². The first kappa shape index (κ1) is 65.6. The molecule has 0 bridgehead atoms. The predicted molar refractivity (Wildman–Crippen MR) is 297 cm³/mol. The van der Waals surface area contributed by atoms with Gasteiger partial charge in [0.15, 0.2) is 6.10 Å². The summed E-state index contributed by atoms with van der Waals surface area (Å²) in [7, 11) is 0. The number of hydrogen-bond acceptors (Lipinski definition) is 6. The van der Waals surface area contributed by atoms with Gasteiger partial charge in [0.2, 0.25) is 0 Å². The van der Waals surface area contributed by atoms with Gasteiger partial charge in [-0.05, 0) is 109 Å². The van der Waals surface area contributed by atoms with Gasteiger partial charge in [-0.1, -0.05) is 234 Å². The second-order valence-electron chi connectivity index (χ2n) is 19.2. The molecule has 0 N–H and O–H groups in total. The van der Waals surface area contributed by atoms with Gasteiger partial charge in [-0.15, -0.1) is 0 Å². The number of allylic oxidation sites excluding steroid dienone is 14. The van der Waals surface area contributed by atoms with E-state index in [1.807, 2.05) is 0 Å². The van der Waals surface area contributed by atoms with E-state index in [1.165, 1.54) is 122 Å². The Morgan fingerprint density at radius 3 is 0.942 bits per heavy atom. The largest absolute Gasteiger partial charge is 0.462 e. The molecule has 0 rings (SSSR count). The Balaban J connectivity index is 4.27. The van der Waals surface area contributed by atoms with Gasteiger partial charge in [0, 0.05) is 19.3 Å². The van der Waals surface area contributed by atoms with Crippen molar-refractivity contribution in [1.82, 2.24) is 0 Å². The lowest BCUT2D eigenvalue weighted by molar-refractivity contribution is -0.167. The Bertz CT molecular complexity index is 1330. The maximum atomic E-state index is 12.8. The summed E-state index contributed by atoms with van der Waals surface area (Å²) >= 11 is 0. The zero-order valence-corrected chi connectivity index (χ0v) is 45.3. The summed E-state index contributed by atoms with van der Waals surface area (Å²) in [6.07, 6.45) is 74.4. The van der Waals surface area contributed by atoms with Gasteiger partial charge in [-0.25, -0.2) is 0 Å².